The minimum absolute atomic E-state index is 0.0851. The van der Waals surface area contributed by atoms with Crippen LogP contribution in [0.15, 0.2) is 36.7 Å². The first-order valence-electron chi connectivity index (χ1n) is 5.62. The molecule has 2 N–H and O–H groups in total. The number of benzene rings is 1. The van der Waals surface area contributed by atoms with Gasteiger partial charge in [0.1, 0.15) is 13.2 Å². The minimum atomic E-state index is -0.221. The second-order valence-electron chi connectivity index (χ2n) is 3.65. The first-order valence-corrected chi connectivity index (χ1v) is 5.62. The van der Waals surface area contributed by atoms with E-state index in [9.17, 15) is 4.79 Å². The molecule has 0 saturated heterocycles. The standard InChI is InChI=1S/C13H12N4O2/c18-9-3-5-11-4-1-2-6-12(11)15-13(19)10-17-8-7-14-16-17/h1-2,4,6-8,18H,9-10H2,(H,15,19). The fraction of sp³-hybridized carbons (Fsp3) is 0.154. The quantitative estimate of drug-likeness (QED) is 0.772. The molecule has 1 aromatic heterocycles. The van der Waals surface area contributed by atoms with Crippen LogP contribution in [-0.2, 0) is 11.3 Å². The molecular formula is C13H12N4O2. The Hall–Kier alpha value is -2.65. The number of rotatable bonds is 3. The average Bonchev–Trinajstić information content (AvgIpc) is 2.90. The summed E-state index contributed by atoms with van der Waals surface area (Å²) in [7, 11) is 0. The predicted molar refractivity (Wildman–Crippen MR) is 69.1 cm³/mol. The number of hydrogen-bond donors (Lipinski definition) is 2. The number of nitrogens with one attached hydrogen (secondary N) is 1. The number of aromatic nitrogens is 3. The molecule has 0 spiro atoms. The molecule has 1 heterocycles. The van der Waals surface area contributed by atoms with Crippen LogP contribution in [0.5, 0.6) is 0 Å². The minimum Gasteiger partial charge on any atom is -0.384 e. The molecule has 2 aromatic rings. The fourth-order valence-electron chi connectivity index (χ4n) is 1.49. The van der Waals surface area contributed by atoms with Crippen LogP contribution < -0.4 is 5.32 Å². The van der Waals surface area contributed by atoms with Crippen molar-refractivity contribution in [2.45, 2.75) is 6.54 Å². The van der Waals surface area contributed by atoms with Crippen molar-refractivity contribution in [1.29, 1.82) is 0 Å². The van der Waals surface area contributed by atoms with Gasteiger partial charge in [-0.15, -0.1) is 5.10 Å². The van der Waals surface area contributed by atoms with Crippen LogP contribution in [-0.4, -0.2) is 32.6 Å². The lowest BCUT2D eigenvalue weighted by atomic mass is 10.2. The van der Waals surface area contributed by atoms with E-state index in [0.29, 0.717) is 11.3 Å². The van der Waals surface area contributed by atoms with Gasteiger partial charge in [-0.05, 0) is 12.1 Å². The molecule has 0 radical (unpaired) electrons. The SMILES string of the molecule is O=C(Cn1ccnn1)Nc1ccccc1C#CCO. The van der Waals surface area contributed by atoms with Gasteiger partial charge in [0.25, 0.3) is 0 Å². The van der Waals surface area contributed by atoms with E-state index >= 15 is 0 Å². The van der Waals surface area contributed by atoms with Crippen molar-refractivity contribution in [3.63, 3.8) is 0 Å². The van der Waals surface area contributed by atoms with Gasteiger partial charge in [-0.1, -0.05) is 29.2 Å². The highest BCUT2D eigenvalue weighted by Gasteiger charge is 2.06. The smallest absolute Gasteiger partial charge is 0.246 e. The van der Waals surface area contributed by atoms with Crippen molar-refractivity contribution in [2.75, 3.05) is 11.9 Å². The lowest BCUT2D eigenvalue weighted by molar-refractivity contribution is -0.116. The summed E-state index contributed by atoms with van der Waals surface area (Å²) in [6.45, 7) is -0.136. The van der Waals surface area contributed by atoms with E-state index in [1.165, 1.54) is 10.9 Å². The Morgan fingerprint density at radius 3 is 3.00 bits per heavy atom. The molecule has 0 aliphatic heterocycles. The Morgan fingerprint density at radius 1 is 1.42 bits per heavy atom. The van der Waals surface area contributed by atoms with Crippen molar-refractivity contribution in [3.8, 4) is 11.8 Å². The van der Waals surface area contributed by atoms with E-state index in [0.717, 1.165) is 0 Å². The van der Waals surface area contributed by atoms with Gasteiger partial charge in [0.15, 0.2) is 0 Å². The molecule has 0 aliphatic carbocycles. The van der Waals surface area contributed by atoms with Gasteiger partial charge in [0.05, 0.1) is 11.9 Å². The monoisotopic (exact) mass is 256 g/mol. The van der Waals surface area contributed by atoms with Gasteiger partial charge in [-0.2, -0.15) is 0 Å². The molecule has 19 heavy (non-hydrogen) atoms. The van der Waals surface area contributed by atoms with Crippen LogP contribution in [0, 0.1) is 11.8 Å². The number of amides is 1. The molecule has 96 valence electrons. The Balaban J connectivity index is 2.08. The van der Waals surface area contributed by atoms with E-state index in [1.54, 1.807) is 24.4 Å². The predicted octanol–water partition coefficient (Wildman–Crippen LogP) is 0.261. The van der Waals surface area contributed by atoms with Gasteiger partial charge in [-0.3, -0.25) is 4.79 Å². The fourth-order valence-corrected chi connectivity index (χ4v) is 1.49. The maximum atomic E-state index is 11.8. The second-order valence-corrected chi connectivity index (χ2v) is 3.65. The zero-order chi connectivity index (χ0) is 13.5. The first-order chi connectivity index (χ1) is 9.29. The lowest BCUT2D eigenvalue weighted by Gasteiger charge is -2.07. The van der Waals surface area contributed by atoms with E-state index in [-0.39, 0.29) is 19.1 Å². The third-order valence-corrected chi connectivity index (χ3v) is 2.28. The van der Waals surface area contributed by atoms with E-state index in [2.05, 4.69) is 27.5 Å². The molecular weight excluding hydrogens is 244 g/mol. The van der Waals surface area contributed by atoms with Gasteiger partial charge in [0.2, 0.25) is 5.91 Å². The van der Waals surface area contributed by atoms with Crippen LogP contribution in [0.1, 0.15) is 5.56 Å². The molecule has 0 saturated carbocycles. The van der Waals surface area contributed by atoms with E-state index in [4.69, 9.17) is 5.11 Å². The van der Waals surface area contributed by atoms with Gasteiger partial charge >= 0.3 is 0 Å². The Kier molecular flexibility index (Phi) is 4.26. The molecule has 6 heteroatoms. The number of para-hydroxylation sites is 1. The normalized spacial score (nSPS) is 9.53. The maximum absolute atomic E-state index is 11.8. The highest BCUT2D eigenvalue weighted by atomic mass is 16.2. The van der Waals surface area contributed by atoms with Gasteiger partial charge in [-0.25, -0.2) is 4.68 Å². The lowest BCUT2D eigenvalue weighted by Crippen LogP contribution is -2.19. The molecule has 1 amide bonds. The molecule has 0 unspecified atom stereocenters. The number of anilines is 1. The Morgan fingerprint density at radius 2 is 2.26 bits per heavy atom. The third kappa shape index (κ3) is 3.66. The highest BCUT2D eigenvalue weighted by molar-refractivity contribution is 5.91. The zero-order valence-corrected chi connectivity index (χ0v) is 10.1. The molecule has 0 aliphatic rings. The first kappa shape index (κ1) is 12.8. The van der Waals surface area contributed by atoms with E-state index in [1.807, 2.05) is 6.07 Å². The summed E-state index contributed by atoms with van der Waals surface area (Å²) < 4.78 is 1.43. The molecule has 0 atom stereocenters. The van der Waals surface area contributed by atoms with Crippen molar-refractivity contribution < 1.29 is 9.90 Å². The van der Waals surface area contributed by atoms with Crippen molar-refractivity contribution in [3.05, 3.63) is 42.2 Å². The largest absolute Gasteiger partial charge is 0.384 e. The number of aliphatic hydroxyl groups is 1. The van der Waals surface area contributed by atoms with Crippen LogP contribution in [0.3, 0.4) is 0 Å². The van der Waals surface area contributed by atoms with Crippen LogP contribution >= 0.6 is 0 Å². The second kappa shape index (κ2) is 6.33. The van der Waals surface area contributed by atoms with Gasteiger partial charge < -0.3 is 10.4 Å². The number of carbonyl (C=O) groups is 1. The summed E-state index contributed by atoms with van der Waals surface area (Å²) in [4.78, 5) is 11.8. The number of carbonyl (C=O) groups excluding carboxylic acids is 1. The maximum Gasteiger partial charge on any atom is 0.246 e. The van der Waals surface area contributed by atoms with Crippen LogP contribution in [0.4, 0.5) is 5.69 Å². The summed E-state index contributed by atoms with van der Waals surface area (Å²) >= 11 is 0. The summed E-state index contributed by atoms with van der Waals surface area (Å²) in [5, 5.41) is 18.8. The van der Waals surface area contributed by atoms with Gasteiger partial charge in [0, 0.05) is 11.8 Å². The summed E-state index contributed by atoms with van der Waals surface area (Å²) in [5.74, 6) is 5.11. The zero-order valence-electron chi connectivity index (χ0n) is 10.1. The Bertz CT molecular complexity index is 611. The molecule has 6 nitrogen and oxygen atoms in total. The topological polar surface area (TPSA) is 80.0 Å². The van der Waals surface area contributed by atoms with Crippen LogP contribution in [0.25, 0.3) is 0 Å². The molecule has 2 rings (SSSR count). The summed E-state index contributed by atoms with van der Waals surface area (Å²) in [5.41, 5.74) is 1.26. The van der Waals surface area contributed by atoms with Crippen LogP contribution in [0.2, 0.25) is 0 Å². The highest BCUT2D eigenvalue weighted by Crippen LogP contribution is 2.13. The average molecular weight is 256 g/mol. The molecule has 0 bridgehead atoms. The summed E-state index contributed by atoms with van der Waals surface area (Å²) in [6.07, 6.45) is 3.12. The number of nitrogens with zero attached hydrogens (tertiary/aromatic N) is 3. The Labute approximate surface area is 110 Å². The van der Waals surface area contributed by atoms with Crippen molar-refractivity contribution >= 4 is 11.6 Å². The number of aliphatic hydroxyl groups excluding tert-OH is 1. The number of hydrogen-bond acceptors (Lipinski definition) is 4. The molecule has 0 fully saturated rings. The molecule has 1 aromatic carbocycles. The van der Waals surface area contributed by atoms with E-state index < -0.39 is 0 Å². The third-order valence-electron chi connectivity index (χ3n) is 2.28. The van der Waals surface area contributed by atoms with Crippen molar-refractivity contribution in [2.24, 2.45) is 0 Å². The summed E-state index contributed by atoms with van der Waals surface area (Å²) in [6, 6.07) is 7.14. The van der Waals surface area contributed by atoms with Crippen molar-refractivity contribution in [1.82, 2.24) is 15.0 Å².